The molecule has 1 aliphatic carbocycles. The van der Waals surface area contributed by atoms with E-state index in [-0.39, 0.29) is 0 Å². The van der Waals surface area contributed by atoms with Crippen LogP contribution in [0.5, 0.6) is 5.75 Å². The highest BCUT2D eigenvalue weighted by molar-refractivity contribution is 5.32. The molecule has 15 heavy (non-hydrogen) atoms. The molecule has 1 unspecified atom stereocenters. The Morgan fingerprint density at radius 3 is 2.87 bits per heavy atom. The maximum Gasteiger partial charge on any atom is 0.120 e. The van der Waals surface area contributed by atoms with E-state index in [0.717, 1.165) is 18.8 Å². The molecular weight excluding hydrogens is 186 g/mol. The maximum atomic E-state index is 5.81. The van der Waals surface area contributed by atoms with E-state index in [0.29, 0.717) is 12.0 Å². The van der Waals surface area contributed by atoms with Gasteiger partial charge in [-0.15, -0.1) is 0 Å². The number of rotatable bonds is 3. The van der Waals surface area contributed by atoms with E-state index in [2.05, 4.69) is 29.6 Å². The molecule has 80 valence electrons. The fourth-order valence-electron chi connectivity index (χ4n) is 2.16. The van der Waals surface area contributed by atoms with Gasteiger partial charge in [0.2, 0.25) is 0 Å². The highest BCUT2D eigenvalue weighted by atomic mass is 16.5. The first-order valence-electron chi connectivity index (χ1n) is 5.89. The molecule has 2 nitrogen and oxygen atoms in total. The molecule has 0 bridgehead atoms. The summed E-state index contributed by atoms with van der Waals surface area (Å²) in [6.45, 7) is 2.27. The minimum absolute atomic E-state index is 0.502. The number of hydrogen-bond acceptors (Lipinski definition) is 2. The normalized spacial score (nSPS) is 25.5. The average molecular weight is 203 g/mol. The van der Waals surface area contributed by atoms with Gasteiger partial charge in [-0.1, -0.05) is 12.1 Å². The second-order valence-corrected chi connectivity index (χ2v) is 4.58. The Labute approximate surface area is 90.6 Å². The van der Waals surface area contributed by atoms with Crippen LogP contribution < -0.4 is 10.1 Å². The van der Waals surface area contributed by atoms with E-state index in [9.17, 15) is 0 Å². The van der Waals surface area contributed by atoms with Crippen molar-refractivity contribution in [1.82, 2.24) is 5.32 Å². The van der Waals surface area contributed by atoms with Gasteiger partial charge in [-0.3, -0.25) is 0 Å². The van der Waals surface area contributed by atoms with Gasteiger partial charge in [0.1, 0.15) is 5.75 Å². The van der Waals surface area contributed by atoms with Gasteiger partial charge in [0.25, 0.3) is 0 Å². The standard InChI is InChI=1S/C13H17NO/c1-2-10(11-6-7-14-9-11)8-13(3-1)15-12-4-5-12/h1-3,8,11-12,14H,4-7,9H2. The summed E-state index contributed by atoms with van der Waals surface area (Å²) in [5.41, 5.74) is 1.43. The highest BCUT2D eigenvalue weighted by Crippen LogP contribution is 2.30. The average Bonchev–Trinajstić information content (AvgIpc) is 2.91. The van der Waals surface area contributed by atoms with Gasteiger partial charge in [-0.2, -0.15) is 0 Å². The summed E-state index contributed by atoms with van der Waals surface area (Å²) in [6, 6.07) is 8.63. The first-order valence-corrected chi connectivity index (χ1v) is 5.89. The Balaban J connectivity index is 1.75. The molecule has 3 rings (SSSR count). The number of benzene rings is 1. The van der Waals surface area contributed by atoms with Crippen LogP contribution in [0.1, 0.15) is 30.7 Å². The van der Waals surface area contributed by atoms with Gasteiger partial charge < -0.3 is 10.1 Å². The number of ether oxygens (including phenoxy) is 1. The molecule has 1 aromatic rings. The minimum Gasteiger partial charge on any atom is -0.490 e. The first kappa shape index (κ1) is 9.22. The Morgan fingerprint density at radius 1 is 1.20 bits per heavy atom. The first-order chi connectivity index (χ1) is 7.42. The van der Waals surface area contributed by atoms with Crippen LogP contribution in [0.25, 0.3) is 0 Å². The van der Waals surface area contributed by atoms with Crippen molar-refractivity contribution in [3.05, 3.63) is 29.8 Å². The topological polar surface area (TPSA) is 21.3 Å². The second kappa shape index (κ2) is 3.86. The summed E-state index contributed by atoms with van der Waals surface area (Å²) in [4.78, 5) is 0. The molecule has 1 saturated heterocycles. The van der Waals surface area contributed by atoms with Crippen molar-refractivity contribution in [2.24, 2.45) is 0 Å². The van der Waals surface area contributed by atoms with E-state index in [4.69, 9.17) is 4.74 Å². The lowest BCUT2D eigenvalue weighted by Gasteiger charge is -2.11. The largest absolute Gasteiger partial charge is 0.490 e. The van der Waals surface area contributed by atoms with E-state index < -0.39 is 0 Å². The van der Waals surface area contributed by atoms with Crippen molar-refractivity contribution in [2.45, 2.75) is 31.3 Å². The summed E-state index contributed by atoms with van der Waals surface area (Å²) in [7, 11) is 0. The summed E-state index contributed by atoms with van der Waals surface area (Å²) >= 11 is 0. The van der Waals surface area contributed by atoms with E-state index in [1.54, 1.807) is 0 Å². The number of nitrogens with one attached hydrogen (secondary N) is 1. The predicted molar refractivity (Wildman–Crippen MR) is 60.3 cm³/mol. The highest BCUT2D eigenvalue weighted by Gasteiger charge is 2.24. The molecule has 2 heteroatoms. The minimum atomic E-state index is 0.502. The predicted octanol–water partition coefficient (Wildman–Crippen LogP) is 2.30. The molecule has 1 aliphatic heterocycles. The summed E-state index contributed by atoms with van der Waals surface area (Å²) in [6.07, 6.45) is 4.22. The van der Waals surface area contributed by atoms with E-state index in [1.807, 2.05) is 0 Å². The maximum absolute atomic E-state index is 5.81. The van der Waals surface area contributed by atoms with Crippen LogP contribution in [0, 0.1) is 0 Å². The lowest BCUT2D eigenvalue weighted by molar-refractivity contribution is 0.303. The zero-order valence-corrected chi connectivity index (χ0v) is 8.91. The van der Waals surface area contributed by atoms with Crippen molar-refractivity contribution in [3.8, 4) is 5.75 Å². The van der Waals surface area contributed by atoms with Gasteiger partial charge in [0.15, 0.2) is 0 Å². The zero-order chi connectivity index (χ0) is 10.1. The fourth-order valence-corrected chi connectivity index (χ4v) is 2.16. The van der Waals surface area contributed by atoms with Crippen molar-refractivity contribution in [2.75, 3.05) is 13.1 Å². The lowest BCUT2D eigenvalue weighted by Crippen LogP contribution is -2.08. The van der Waals surface area contributed by atoms with Crippen LogP contribution >= 0.6 is 0 Å². The van der Waals surface area contributed by atoms with Gasteiger partial charge >= 0.3 is 0 Å². The third-order valence-electron chi connectivity index (χ3n) is 3.22. The summed E-state index contributed by atoms with van der Waals surface area (Å²) < 4.78 is 5.81. The smallest absolute Gasteiger partial charge is 0.120 e. The van der Waals surface area contributed by atoms with Gasteiger partial charge in [-0.05, 0) is 49.4 Å². The Bertz CT molecular complexity index is 340. The van der Waals surface area contributed by atoms with Crippen LogP contribution in [0.4, 0.5) is 0 Å². The molecule has 1 N–H and O–H groups in total. The molecule has 1 atom stereocenters. The SMILES string of the molecule is c1cc(OC2CC2)cc(C2CCNC2)c1. The fraction of sp³-hybridized carbons (Fsp3) is 0.538. The molecule has 0 spiro atoms. The molecule has 0 amide bonds. The molecule has 1 saturated carbocycles. The lowest BCUT2D eigenvalue weighted by atomic mass is 9.98. The van der Waals surface area contributed by atoms with Crippen molar-refractivity contribution >= 4 is 0 Å². The molecule has 0 radical (unpaired) electrons. The van der Waals surface area contributed by atoms with E-state index >= 15 is 0 Å². The van der Waals surface area contributed by atoms with Crippen LogP contribution in [0.15, 0.2) is 24.3 Å². The van der Waals surface area contributed by atoms with Gasteiger partial charge in [0, 0.05) is 6.54 Å². The van der Waals surface area contributed by atoms with Crippen molar-refractivity contribution in [1.29, 1.82) is 0 Å². The van der Waals surface area contributed by atoms with Crippen LogP contribution in [-0.4, -0.2) is 19.2 Å². The molecule has 2 aliphatic rings. The third kappa shape index (κ3) is 2.15. The molecule has 2 fully saturated rings. The number of hydrogen-bond donors (Lipinski definition) is 1. The monoisotopic (exact) mass is 203 g/mol. The molecular formula is C13H17NO. The summed E-state index contributed by atoms with van der Waals surface area (Å²) in [5, 5.41) is 3.40. The Morgan fingerprint density at radius 2 is 2.13 bits per heavy atom. The van der Waals surface area contributed by atoms with Gasteiger partial charge in [0.05, 0.1) is 6.10 Å². The van der Waals surface area contributed by atoms with Crippen LogP contribution in [0.2, 0.25) is 0 Å². The zero-order valence-electron chi connectivity index (χ0n) is 8.91. The molecule has 1 aromatic carbocycles. The van der Waals surface area contributed by atoms with Crippen LogP contribution in [-0.2, 0) is 0 Å². The van der Waals surface area contributed by atoms with Crippen LogP contribution in [0.3, 0.4) is 0 Å². The van der Waals surface area contributed by atoms with E-state index in [1.165, 1.54) is 24.8 Å². The molecule has 0 aromatic heterocycles. The van der Waals surface area contributed by atoms with Crippen molar-refractivity contribution in [3.63, 3.8) is 0 Å². The Kier molecular flexibility index (Phi) is 2.37. The van der Waals surface area contributed by atoms with Crippen molar-refractivity contribution < 1.29 is 4.74 Å². The molecule has 1 heterocycles. The third-order valence-corrected chi connectivity index (χ3v) is 3.22. The van der Waals surface area contributed by atoms with Gasteiger partial charge in [-0.25, -0.2) is 0 Å². The Hall–Kier alpha value is -1.02. The second-order valence-electron chi connectivity index (χ2n) is 4.58. The summed E-state index contributed by atoms with van der Waals surface area (Å²) in [5.74, 6) is 1.75. The quantitative estimate of drug-likeness (QED) is 0.814.